The molecule has 0 spiro atoms. The lowest BCUT2D eigenvalue weighted by atomic mass is 9.95. The van der Waals surface area contributed by atoms with Gasteiger partial charge >= 0.3 is 0 Å². The molecule has 10 nitrogen and oxygen atoms in total. The number of ketones is 1. The van der Waals surface area contributed by atoms with Crippen molar-refractivity contribution in [2.24, 2.45) is 0 Å². The third-order valence-corrected chi connectivity index (χ3v) is 8.37. The lowest BCUT2D eigenvalue weighted by Gasteiger charge is -2.26. The van der Waals surface area contributed by atoms with Gasteiger partial charge in [0.15, 0.2) is 0 Å². The average molecular weight is 531 g/mol. The van der Waals surface area contributed by atoms with Crippen molar-refractivity contribution in [3.8, 4) is 5.75 Å². The van der Waals surface area contributed by atoms with Crippen LogP contribution in [-0.2, 0) is 29.1 Å². The molecule has 0 radical (unpaired) electrons. The summed E-state index contributed by atoms with van der Waals surface area (Å²) < 4.78 is 42.8. The van der Waals surface area contributed by atoms with E-state index in [0.29, 0.717) is 37.6 Å². The van der Waals surface area contributed by atoms with Crippen LogP contribution in [0, 0.1) is 0 Å². The molecule has 37 heavy (non-hydrogen) atoms. The number of carbonyl (C=O) groups is 2. The second kappa shape index (κ2) is 11.4. The maximum atomic E-state index is 13.1. The normalized spacial score (nSPS) is 20.4. The molecule has 2 aromatic carbocycles. The summed E-state index contributed by atoms with van der Waals surface area (Å²) in [6.45, 7) is 1.83. The summed E-state index contributed by atoms with van der Waals surface area (Å²) in [4.78, 5) is 27.6. The van der Waals surface area contributed by atoms with Gasteiger partial charge in [-0.25, -0.2) is 8.42 Å². The highest BCUT2D eigenvalue weighted by Crippen LogP contribution is 2.40. The molecule has 1 atom stereocenters. The van der Waals surface area contributed by atoms with Crippen molar-refractivity contribution < 1.29 is 37.3 Å². The van der Waals surface area contributed by atoms with Gasteiger partial charge in [-0.05, 0) is 48.4 Å². The van der Waals surface area contributed by atoms with Crippen LogP contribution in [0.25, 0.3) is 5.76 Å². The first-order valence-corrected chi connectivity index (χ1v) is 13.3. The van der Waals surface area contributed by atoms with Crippen molar-refractivity contribution in [1.82, 2.24) is 9.21 Å². The molecule has 0 saturated carbocycles. The number of benzene rings is 2. The number of likely N-dealkylation sites (tertiary alicyclic amines) is 1. The van der Waals surface area contributed by atoms with E-state index < -0.39 is 27.8 Å². The minimum Gasteiger partial charge on any atom is -0.507 e. The Labute approximate surface area is 216 Å². The predicted octanol–water partition coefficient (Wildman–Crippen LogP) is 2.17. The smallest absolute Gasteiger partial charge is 0.295 e. The third-order valence-electron chi connectivity index (χ3n) is 6.45. The molecule has 1 N–H and O–H groups in total. The van der Waals surface area contributed by atoms with Crippen LogP contribution in [0.2, 0.25) is 0 Å². The Morgan fingerprint density at radius 2 is 1.68 bits per heavy atom. The topological polar surface area (TPSA) is 123 Å². The largest absolute Gasteiger partial charge is 0.507 e. The van der Waals surface area contributed by atoms with Gasteiger partial charge in [-0.1, -0.05) is 12.1 Å². The SMILES string of the molecule is COCCCN1C(=O)C(=O)/C(=C(\O)c2ccc(S(=O)(=O)N3CCOCC3)cc2)C1c1ccc(OC)cc1. The monoisotopic (exact) mass is 530 g/mol. The summed E-state index contributed by atoms with van der Waals surface area (Å²) >= 11 is 0. The minimum absolute atomic E-state index is 0.0589. The summed E-state index contributed by atoms with van der Waals surface area (Å²) in [7, 11) is -0.632. The number of rotatable bonds is 9. The molecule has 2 heterocycles. The van der Waals surface area contributed by atoms with Gasteiger partial charge in [-0.2, -0.15) is 4.31 Å². The number of aliphatic hydroxyl groups is 1. The van der Waals surface area contributed by atoms with Gasteiger partial charge in [-0.15, -0.1) is 0 Å². The Hall–Kier alpha value is -3.25. The highest BCUT2D eigenvalue weighted by Gasteiger charge is 2.45. The van der Waals surface area contributed by atoms with E-state index in [-0.39, 0.29) is 41.4 Å². The number of amides is 1. The van der Waals surface area contributed by atoms with Crippen molar-refractivity contribution in [1.29, 1.82) is 0 Å². The Morgan fingerprint density at radius 3 is 2.27 bits per heavy atom. The lowest BCUT2D eigenvalue weighted by Crippen LogP contribution is -2.40. The summed E-state index contributed by atoms with van der Waals surface area (Å²) in [6.07, 6.45) is 0.504. The summed E-state index contributed by atoms with van der Waals surface area (Å²) in [5, 5.41) is 11.2. The van der Waals surface area contributed by atoms with Crippen LogP contribution >= 0.6 is 0 Å². The van der Waals surface area contributed by atoms with E-state index >= 15 is 0 Å². The zero-order valence-electron chi connectivity index (χ0n) is 20.8. The number of nitrogens with zero attached hydrogens (tertiary/aromatic N) is 2. The number of sulfonamides is 1. The molecular formula is C26H30N2O8S. The van der Waals surface area contributed by atoms with Crippen LogP contribution in [0.15, 0.2) is 59.0 Å². The van der Waals surface area contributed by atoms with E-state index in [2.05, 4.69) is 0 Å². The van der Waals surface area contributed by atoms with Crippen LogP contribution in [0.3, 0.4) is 0 Å². The van der Waals surface area contributed by atoms with Gasteiger partial charge in [0.2, 0.25) is 10.0 Å². The molecular weight excluding hydrogens is 500 g/mol. The number of aliphatic hydroxyl groups excluding tert-OH is 1. The molecule has 11 heteroatoms. The zero-order valence-corrected chi connectivity index (χ0v) is 21.6. The average Bonchev–Trinajstić information content (AvgIpc) is 3.18. The van der Waals surface area contributed by atoms with Crippen LogP contribution in [0.5, 0.6) is 5.75 Å². The number of hydrogen-bond donors (Lipinski definition) is 1. The van der Waals surface area contributed by atoms with E-state index in [1.807, 2.05) is 0 Å². The molecule has 2 aromatic rings. The van der Waals surface area contributed by atoms with Gasteiger partial charge in [0, 0.05) is 38.9 Å². The van der Waals surface area contributed by atoms with Crippen molar-refractivity contribution >= 4 is 27.5 Å². The number of hydrogen-bond acceptors (Lipinski definition) is 8. The van der Waals surface area contributed by atoms with Crippen LogP contribution < -0.4 is 4.74 Å². The van der Waals surface area contributed by atoms with Gasteiger partial charge in [-0.3, -0.25) is 9.59 Å². The van der Waals surface area contributed by atoms with Crippen molar-refractivity contribution in [3.63, 3.8) is 0 Å². The Morgan fingerprint density at radius 1 is 1.03 bits per heavy atom. The van der Waals surface area contributed by atoms with Crippen LogP contribution in [0.4, 0.5) is 0 Å². The highest BCUT2D eigenvalue weighted by molar-refractivity contribution is 7.89. The van der Waals surface area contributed by atoms with Crippen molar-refractivity contribution in [3.05, 3.63) is 65.2 Å². The fourth-order valence-corrected chi connectivity index (χ4v) is 5.91. The van der Waals surface area contributed by atoms with Gasteiger partial charge in [0.25, 0.3) is 11.7 Å². The molecule has 0 bridgehead atoms. The molecule has 198 valence electrons. The summed E-state index contributed by atoms with van der Waals surface area (Å²) in [5.74, 6) is -1.29. The van der Waals surface area contributed by atoms with Crippen LogP contribution in [0.1, 0.15) is 23.6 Å². The first kappa shape index (κ1) is 26.8. The number of morpholine rings is 1. The van der Waals surface area contributed by atoms with E-state index in [4.69, 9.17) is 14.2 Å². The second-order valence-corrected chi connectivity index (χ2v) is 10.6. The Balaban J connectivity index is 1.72. The van der Waals surface area contributed by atoms with E-state index in [0.717, 1.165) is 0 Å². The predicted molar refractivity (Wildman–Crippen MR) is 135 cm³/mol. The molecule has 4 rings (SSSR count). The fraction of sp³-hybridized carbons (Fsp3) is 0.385. The maximum Gasteiger partial charge on any atom is 0.295 e. The number of Topliss-reactive ketones (excluding diaryl/α,β-unsaturated/α-hetero) is 1. The standard InChI is InChI=1S/C26H30N2O8S/c1-34-15-3-12-28-23(18-4-8-20(35-2)9-5-18)22(25(30)26(28)31)24(29)19-6-10-21(11-7-19)37(32,33)27-13-16-36-17-14-27/h4-11,23,29H,3,12-17H2,1-2H3/b24-22-. The number of methoxy groups -OCH3 is 2. The molecule has 1 unspecified atom stereocenters. The molecule has 2 saturated heterocycles. The highest BCUT2D eigenvalue weighted by atomic mass is 32.2. The molecule has 2 fully saturated rings. The molecule has 2 aliphatic rings. The summed E-state index contributed by atoms with van der Waals surface area (Å²) in [6, 6.07) is 11.7. The number of carbonyl (C=O) groups excluding carboxylic acids is 2. The fourth-order valence-electron chi connectivity index (χ4n) is 4.50. The maximum absolute atomic E-state index is 13.1. The molecule has 0 aromatic heterocycles. The van der Waals surface area contributed by atoms with Gasteiger partial charge in [0.05, 0.1) is 36.8 Å². The molecule has 2 aliphatic heterocycles. The van der Waals surface area contributed by atoms with Crippen molar-refractivity contribution in [2.45, 2.75) is 17.4 Å². The van der Waals surface area contributed by atoms with Crippen LogP contribution in [-0.4, -0.2) is 88.1 Å². The first-order chi connectivity index (χ1) is 17.8. The van der Waals surface area contributed by atoms with E-state index in [9.17, 15) is 23.1 Å². The minimum atomic E-state index is -3.72. The lowest BCUT2D eigenvalue weighted by molar-refractivity contribution is -0.140. The molecule has 1 amide bonds. The Kier molecular flexibility index (Phi) is 8.28. The summed E-state index contributed by atoms with van der Waals surface area (Å²) in [5.41, 5.74) is 0.802. The van der Waals surface area contributed by atoms with E-state index in [1.165, 1.54) is 40.6 Å². The number of ether oxygens (including phenoxy) is 3. The van der Waals surface area contributed by atoms with Crippen molar-refractivity contribution in [2.75, 3.05) is 53.7 Å². The third kappa shape index (κ3) is 5.40. The van der Waals surface area contributed by atoms with Gasteiger partial charge in [0.1, 0.15) is 11.5 Å². The van der Waals surface area contributed by atoms with E-state index in [1.54, 1.807) is 31.4 Å². The Bertz CT molecular complexity index is 1270. The molecule has 0 aliphatic carbocycles. The first-order valence-electron chi connectivity index (χ1n) is 11.9. The zero-order chi connectivity index (χ0) is 26.6. The van der Waals surface area contributed by atoms with Gasteiger partial charge < -0.3 is 24.2 Å². The second-order valence-electron chi connectivity index (χ2n) is 8.65. The quantitative estimate of drug-likeness (QED) is 0.227.